The molecule has 2 heterocycles. The minimum atomic E-state index is -2.90. The molecule has 1 aliphatic rings. The molecule has 0 saturated carbocycles. The number of anilines is 1. The van der Waals surface area contributed by atoms with Gasteiger partial charge in [-0.25, -0.2) is 22.4 Å². The monoisotopic (exact) mass is 499 g/mol. The van der Waals surface area contributed by atoms with E-state index in [1.807, 2.05) is 29.7 Å². The number of nitrogens with zero attached hydrogens (tertiary/aromatic N) is 5. The summed E-state index contributed by atoms with van der Waals surface area (Å²) in [5, 5.41) is 29.2. The highest BCUT2D eigenvalue weighted by atomic mass is 32.2. The van der Waals surface area contributed by atoms with Crippen molar-refractivity contribution in [3.05, 3.63) is 70.7 Å². The van der Waals surface area contributed by atoms with Crippen LogP contribution in [0.1, 0.15) is 22.4 Å². The average molecular weight is 500 g/mol. The molecule has 0 unspecified atom stereocenters. The molecule has 0 atom stereocenters. The van der Waals surface area contributed by atoms with Gasteiger partial charge in [0.1, 0.15) is 11.9 Å². The highest BCUT2D eigenvalue weighted by molar-refractivity contribution is 7.91. The molecule has 1 aromatic heterocycles. The first-order valence-corrected chi connectivity index (χ1v) is 12.4. The third-order valence-corrected chi connectivity index (χ3v) is 7.07. The van der Waals surface area contributed by atoms with Crippen LogP contribution in [0.5, 0.6) is 0 Å². The molecule has 0 amide bonds. The lowest BCUT2D eigenvalue weighted by molar-refractivity contribution is 0.234. The number of rotatable bonds is 7. The minimum Gasteiger partial charge on any atom is -0.361 e. The zero-order valence-electron chi connectivity index (χ0n) is 18.5. The van der Waals surface area contributed by atoms with Crippen LogP contribution in [0.3, 0.4) is 0 Å². The third-order valence-electron chi connectivity index (χ3n) is 5.46. The number of hydroxylamine groups is 1. The number of amidine groups is 1. The lowest BCUT2D eigenvalue weighted by Crippen LogP contribution is -2.39. The lowest BCUT2D eigenvalue weighted by atomic mass is 10.1. The molecule has 3 N–H and O–H groups in total. The Labute approximate surface area is 200 Å². The van der Waals surface area contributed by atoms with Gasteiger partial charge in [-0.2, -0.15) is 5.26 Å². The van der Waals surface area contributed by atoms with Gasteiger partial charge in [0.15, 0.2) is 21.4 Å². The van der Waals surface area contributed by atoms with E-state index in [1.165, 1.54) is 12.1 Å². The fourth-order valence-corrected chi connectivity index (χ4v) is 4.78. The molecule has 0 aliphatic carbocycles. The molecule has 2 aromatic carbocycles. The number of aliphatic imine (C=N–C) groups is 1. The second-order valence-electron chi connectivity index (χ2n) is 7.91. The second kappa shape index (κ2) is 10.6. The Kier molecular flexibility index (Phi) is 7.35. The molecule has 0 spiro atoms. The Bertz CT molecular complexity index is 1350. The molecule has 1 aliphatic heterocycles. The van der Waals surface area contributed by atoms with E-state index in [2.05, 4.69) is 25.5 Å². The number of benzene rings is 2. The summed E-state index contributed by atoms with van der Waals surface area (Å²) in [6.07, 6.45) is 0. The number of halogens is 1. The maximum absolute atomic E-state index is 13.6. The molecule has 11 nitrogen and oxygen atoms in total. The van der Waals surface area contributed by atoms with E-state index in [-0.39, 0.29) is 40.1 Å². The van der Waals surface area contributed by atoms with Crippen molar-refractivity contribution in [2.45, 2.75) is 13.1 Å². The zero-order valence-corrected chi connectivity index (χ0v) is 19.3. The van der Waals surface area contributed by atoms with E-state index in [4.69, 9.17) is 9.89 Å². The summed E-state index contributed by atoms with van der Waals surface area (Å²) in [7, 11) is -2.90. The molecule has 3 aromatic rings. The van der Waals surface area contributed by atoms with Gasteiger partial charge in [0.05, 0.1) is 22.8 Å². The van der Waals surface area contributed by atoms with E-state index < -0.39 is 15.7 Å². The largest absolute Gasteiger partial charge is 0.361 e. The van der Waals surface area contributed by atoms with Crippen LogP contribution >= 0.6 is 0 Å². The first-order valence-electron chi connectivity index (χ1n) is 10.6. The molecule has 182 valence electrons. The molecular weight excluding hydrogens is 477 g/mol. The normalized spacial score (nSPS) is 16.0. The maximum Gasteiger partial charge on any atom is 0.202 e. The van der Waals surface area contributed by atoms with Crippen molar-refractivity contribution in [1.29, 1.82) is 5.26 Å². The molecule has 4 rings (SSSR count). The van der Waals surface area contributed by atoms with Crippen LogP contribution in [0.4, 0.5) is 15.9 Å². The zero-order chi connectivity index (χ0) is 24.8. The average Bonchev–Trinajstić information content (AvgIpc) is 3.33. The molecule has 35 heavy (non-hydrogen) atoms. The lowest BCUT2D eigenvalue weighted by Gasteiger charge is -2.26. The van der Waals surface area contributed by atoms with E-state index in [9.17, 15) is 18.0 Å². The van der Waals surface area contributed by atoms with Crippen molar-refractivity contribution in [2.75, 3.05) is 29.9 Å². The minimum absolute atomic E-state index is 0.0898. The van der Waals surface area contributed by atoms with Gasteiger partial charge in [-0.15, -0.1) is 0 Å². The van der Waals surface area contributed by atoms with Gasteiger partial charge >= 0.3 is 0 Å². The van der Waals surface area contributed by atoms with Crippen molar-refractivity contribution in [1.82, 2.24) is 20.7 Å². The van der Waals surface area contributed by atoms with Gasteiger partial charge in [-0.05, 0) is 39.6 Å². The number of sulfone groups is 1. The van der Waals surface area contributed by atoms with Crippen molar-refractivity contribution in [3.8, 4) is 6.07 Å². The summed E-state index contributed by atoms with van der Waals surface area (Å²) in [4.78, 5) is 6.27. The predicted molar refractivity (Wildman–Crippen MR) is 124 cm³/mol. The third kappa shape index (κ3) is 6.18. The van der Waals surface area contributed by atoms with Crippen molar-refractivity contribution in [3.63, 3.8) is 0 Å². The highest BCUT2D eigenvalue weighted by Gasteiger charge is 2.21. The summed E-state index contributed by atoms with van der Waals surface area (Å²) >= 11 is 0. The van der Waals surface area contributed by atoms with Gasteiger partial charge in [-0.1, -0.05) is 24.3 Å². The smallest absolute Gasteiger partial charge is 0.202 e. The molecule has 1 saturated heterocycles. The van der Waals surface area contributed by atoms with Gasteiger partial charge in [0, 0.05) is 26.2 Å². The number of hydrogen-bond donors (Lipinski definition) is 3. The number of nitriles is 1. The first kappa shape index (κ1) is 24.3. The molecule has 1 fully saturated rings. The quantitative estimate of drug-likeness (QED) is 0.249. The van der Waals surface area contributed by atoms with Crippen molar-refractivity contribution < 1.29 is 22.6 Å². The number of aromatic nitrogens is 2. The van der Waals surface area contributed by atoms with Crippen LogP contribution in [0, 0.1) is 17.1 Å². The van der Waals surface area contributed by atoms with Crippen molar-refractivity contribution in [2.24, 2.45) is 4.99 Å². The fraction of sp³-hybridized carbons (Fsp3) is 0.273. The van der Waals surface area contributed by atoms with Crippen molar-refractivity contribution >= 4 is 27.2 Å². The summed E-state index contributed by atoms with van der Waals surface area (Å²) in [6, 6.07) is 13.2. The Morgan fingerprint density at radius 3 is 2.57 bits per heavy atom. The molecule has 0 radical (unpaired) electrons. The number of hydrogen-bond acceptors (Lipinski definition) is 10. The highest BCUT2D eigenvalue weighted by Crippen LogP contribution is 2.20. The van der Waals surface area contributed by atoms with Crippen LogP contribution in [-0.2, 0) is 22.9 Å². The van der Waals surface area contributed by atoms with E-state index in [0.29, 0.717) is 26.2 Å². The Hall–Kier alpha value is -3.86. The summed E-state index contributed by atoms with van der Waals surface area (Å²) in [6.45, 7) is 2.12. The van der Waals surface area contributed by atoms with Crippen LogP contribution in [-0.4, -0.2) is 59.3 Å². The molecule has 13 heteroatoms. The van der Waals surface area contributed by atoms with Gasteiger partial charge < -0.3 is 5.32 Å². The Morgan fingerprint density at radius 1 is 1.17 bits per heavy atom. The van der Waals surface area contributed by atoms with Crippen LogP contribution in [0.15, 0.2) is 52.1 Å². The standard InChI is InChI=1S/C22H22FN7O4S/c23-19-6-5-18(11-17(19)12-24)26-22(27-31)20-21(29-34-28-20)25-13-15-1-3-16(4-2-15)14-30-7-9-35(32,33)10-8-30/h1-6,11,31H,7-10,13-14H2,(H,25,29)(H,26,27). The summed E-state index contributed by atoms with van der Waals surface area (Å²) < 4.78 is 41.5. The molecule has 0 bridgehead atoms. The Morgan fingerprint density at radius 2 is 1.89 bits per heavy atom. The van der Waals surface area contributed by atoms with Crippen LogP contribution in [0.25, 0.3) is 0 Å². The number of nitrogens with one attached hydrogen (secondary N) is 2. The van der Waals surface area contributed by atoms with Gasteiger partial charge in [0.2, 0.25) is 5.82 Å². The Balaban J connectivity index is 1.40. The maximum atomic E-state index is 13.6. The van der Waals surface area contributed by atoms with Gasteiger partial charge in [0.25, 0.3) is 0 Å². The fourth-order valence-electron chi connectivity index (χ4n) is 3.50. The van der Waals surface area contributed by atoms with Crippen LogP contribution < -0.4 is 10.8 Å². The van der Waals surface area contributed by atoms with Gasteiger partial charge in [-0.3, -0.25) is 15.6 Å². The summed E-state index contributed by atoms with van der Waals surface area (Å²) in [5.74, 6) is -0.185. The first-order chi connectivity index (χ1) is 16.9. The SMILES string of the molecule is N#Cc1cc(N=C(NO)c2nonc2NCc2ccc(CN3CCS(=O)(=O)CC3)cc2)ccc1F. The topological polar surface area (TPSA) is 157 Å². The molecular formula is C22H22FN7O4S. The summed E-state index contributed by atoms with van der Waals surface area (Å²) in [5.41, 5.74) is 4.06. The van der Waals surface area contributed by atoms with E-state index in [1.54, 1.807) is 6.07 Å². The van der Waals surface area contributed by atoms with Crippen LogP contribution in [0.2, 0.25) is 0 Å². The van der Waals surface area contributed by atoms with E-state index in [0.717, 1.165) is 17.2 Å². The van der Waals surface area contributed by atoms with E-state index >= 15 is 0 Å². The second-order valence-corrected chi connectivity index (χ2v) is 10.2. The predicted octanol–water partition coefficient (Wildman–Crippen LogP) is 1.98.